The molecule has 1 saturated carbocycles. The first-order valence-electron chi connectivity index (χ1n) is 8.69. The Hall–Kier alpha value is -1.22. The van der Waals surface area contributed by atoms with Gasteiger partial charge in [-0.2, -0.15) is 11.8 Å². The van der Waals surface area contributed by atoms with Crippen LogP contribution < -0.4 is 10.6 Å². The molecule has 2 atom stereocenters. The maximum Gasteiger partial charge on any atom is 0.214 e. The average Bonchev–Trinajstić information content (AvgIpc) is 3.28. The molecule has 0 spiro atoms. The lowest BCUT2D eigenvalue weighted by atomic mass is 10.1. The standard InChI is InChI=1S/C19H26N4OS.HI/c1-13-4-6-14(7-5-13)17-11-21-18(24-17)12-22-19(20-2)23-15-8-9-16(10-15)25-3;/h4-7,11,15-16H,8-10,12H2,1-3H3,(H2,20,22,23);1H. The van der Waals surface area contributed by atoms with Gasteiger partial charge < -0.3 is 15.1 Å². The number of aliphatic imine (C=N–C) groups is 1. The van der Waals surface area contributed by atoms with Gasteiger partial charge >= 0.3 is 0 Å². The van der Waals surface area contributed by atoms with E-state index in [4.69, 9.17) is 4.42 Å². The molecule has 142 valence electrons. The number of hydrogen-bond acceptors (Lipinski definition) is 4. The minimum absolute atomic E-state index is 0. The van der Waals surface area contributed by atoms with Crippen molar-refractivity contribution in [2.45, 2.75) is 44.0 Å². The van der Waals surface area contributed by atoms with Crippen molar-refractivity contribution in [3.8, 4) is 11.3 Å². The Bertz CT molecular complexity index is 717. The van der Waals surface area contributed by atoms with Gasteiger partial charge in [-0.15, -0.1) is 24.0 Å². The lowest BCUT2D eigenvalue weighted by Crippen LogP contribution is -2.42. The van der Waals surface area contributed by atoms with Gasteiger partial charge in [0.2, 0.25) is 5.89 Å². The van der Waals surface area contributed by atoms with E-state index in [9.17, 15) is 0 Å². The first kappa shape index (κ1) is 21.1. The summed E-state index contributed by atoms with van der Waals surface area (Å²) < 4.78 is 5.85. The van der Waals surface area contributed by atoms with Gasteiger partial charge in [0.15, 0.2) is 11.7 Å². The Kier molecular flexibility index (Phi) is 8.27. The molecular formula is C19H27IN4OS. The van der Waals surface area contributed by atoms with E-state index < -0.39 is 0 Å². The number of halogens is 1. The van der Waals surface area contributed by atoms with Crippen LogP contribution in [-0.2, 0) is 6.54 Å². The molecule has 1 aromatic carbocycles. The van der Waals surface area contributed by atoms with E-state index in [-0.39, 0.29) is 24.0 Å². The molecule has 0 bridgehead atoms. The molecule has 0 aliphatic heterocycles. The predicted molar refractivity (Wildman–Crippen MR) is 120 cm³/mol. The smallest absolute Gasteiger partial charge is 0.214 e. The zero-order valence-corrected chi connectivity index (χ0v) is 18.6. The largest absolute Gasteiger partial charge is 0.439 e. The molecule has 1 heterocycles. The van der Waals surface area contributed by atoms with Gasteiger partial charge in [-0.25, -0.2) is 4.98 Å². The lowest BCUT2D eigenvalue weighted by Gasteiger charge is -2.16. The van der Waals surface area contributed by atoms with E-state index in [0.717, 1.165) is 22.5 Å². The third-order valence-electron chi connectivity index (χ3n) is 4.58. The van der Waals surface area contributed by atoms with Gasteiger partial charge in [-0.05, 0) is 32.4 Å². The van der Waals surface area contributed by atoms with Crippen LogP contribution in [0.15, 0.2) is 39.9 Å². The summed E-state index contributed by atoms with van der Waals surface area (Å²) >= 11 is 1.96. The first-order chi connectivity index (χ1) is 12.2. The maximum absolute atomic E-state index is 5.85. The van der Waals surface area contributed by atoms with Gasteiger partial charge in [0, 0.05) is 23.9 Å². The maximum atomic E-state index is 5.85. The molecule has 0 saturated heterocycles. The number of benzene rings is 1. The molecule has 1 aromatic heterocycles. The molecule has 3 rings (SSSR count). The summed E-state index contributed by atoms with van der Waals surface area (Å²) in [5, 5.41) is 7.56. The molecule has 1 fully saturated rings. The summed E-state index contributed by atoms with van der Waals surface area (Å²) in [4.78, 5) is 8.67. The summed E-state index contributed by atoms with van der Waals surface area (Å²) in [6.45, 7) is 2.59. The molecule has 2 aromatic rings. The lowest BCUT2D eigenvalue weighted by molar-refractivity contribution is 0.495. The second kappa shape index (κ2) is 10.2. The average molecular weight is 486 g/mol. The van der Waals surface area contributed by atoms with Crippen LogP contribution in [0.4, 0.5) is 0 Å². The Balaban J connectivity index is 0.00000243. The number of aryl methyl sites for hydroxylation is 1. The second-order valence-corrected chi connectivity index (χ2v) is 7.56. The molecule has 0 radical (unpaired) electrons. The highest BCUT2D eigenvalue weighted by atomic mass is 127. The number of nitrogens with one attached hydrogen (secondary N) is 2. The molecule has 0 amide bonds. The third kappa shape index (κ3) is 5.64. The van der Waals surface area contributed by atoms with E-state index in [1.54, 1.807) is 13.2 Å². The number of thioether (sulfide) groups is 1. The number of nitrogens with zero attached hydrogens (tertiary/aromatic N) is 2. The highest BCUT2D eigenvalue weighted by molar-refractivity contribution is 14.0. The first-order valence-corrected chi connectivity index (χ1v) is 9.98. The van der Waals surface area contributed by atoms with Crippen LogP contribution in [0.3, 0.4) is 0 Å². The normalized spacial score (nSPS) is 19.9. The Morgan fingerprint density at radius 3 is 2.73 bits per heavy atom. The van der Waals surface area contributed by atoms with Gasteiger partial charge in [0.05, 0.1) is 12.7 Å². The number of guanidine groups is 1. The monoisotopic (exact) mass is 486 g/mol. The van der Waals surface area contributed by atoms with E-state index in [1.165, 1.54) is 24.8 Å². The molecule has 1 aliphatic carbocycles. The summed E-state index contributed by atoms with van der Waals surface area (Å²) in [7, 11) is 1.80. The van der Waals surface area contributed by atoms with E-state index >= 15 is 0 Å². The van der Waals surface area contributed by atoms with Gasteiger partial charge in [0.1, 0.15) is 0 Å². The van der Waals surface area contributed by atoms with Crippen molar-refractivity contribution in [1.82, 2.24) is 15.6 Å². The van der Waals surface area contributed by atoms with Crippen molar-refractivity contribution in [3.63, 3.8) is 0 Å². The van der Waals surface area contributed by atoms with Crippen LogP contribution in [0.25, 0.3) is 11.3 Å². The third-order valence-corrected chi connectivity index (χ3v) is 5.67. The Morgan fingerprint density at radius 2 is 2.08 bits per heavy atom. The summed E-state index contributed by atoms with van der Waals surface area (Å²) in [6.07, 6.45) is 7.63. The predicted octanol–water partition coefficient (Wildman–Crippen LogP) is 4.22. The van der Waals surface area contributed by atoms with Crippen LogP contribution in [0.1, 0.15) is 30.7 Å². The topological polar surface area (TPSA) is 62.5 Å². The fourth-order valence-electron chi connectivity index (χ4n) is 3.08. The van der Waals surface area contributed by atoms with E-state index in [0.29, 0.717) is 18.5 Å². The van der Waals surface area contributed by atoms with Crippen LogP contribution >= 0.6 is 35.7 Å². The fraction of sp³-hybridized carbons (Fsp3) is 0.474. The van der Waals surface area contributed by atoms with Crippen molar-refractivity contribution < 1.29 is 4.42 Å². The van der Waals surface area contributed by atoms with E-state index in [1.807, 2.05) is 11.8 Å². The molecule has 7 heteroatoms. The van der Waals surface area contributed by atoms with Gasteiger partial charge in [-0.1, -0.05) is 29.8 Å². The fourth-order valence-corrected chi connectivity index (χ4v) is 3.87. The molecule has 2 unspecified atom stereocenters. The summed E-state index contributed by atoms with van der Waals surface area (Å²) in [5.41, 5.74) is 2.27. The SMILES string of the molecule is CN=C(NCc1ncc(-c2ccc(C)cc2)o1)NC1CCC(SC)C1.I. The van der Waals surface area contributed by atoms with E-state index in [2.05, 4.69) is 58.1 Å². The van der Waals surface area contributed by atoms with Crippen LogP contribution in [0.5, 0.6) is 0 Å². The molecule has 5 nitrogen and oxygen atoms in total. The molecule has 26 heavy (non-hydrogen) atoms. The van der Waals surface area contributed by atoms with Crippen molar-refractivity contribution in [2.75, 3.05) is 13.3 Å². The summed E-state index contributed by atoms with van der Waals surface area (Å²) in [5.74, 6) is 2.26. The van der Waals surface area contributed by atoms with Crippen LogP contribution in [0.2, 0.25) is 0 Å². The zero-order chi connectivity index (χ0) is 17.6. The minimum Gasteiger partial charge on any atom is -0.439 e. The van der Waals surface area contributed by atoms with Crippen LogP contribution in [0, 0.1) is 6.92 Å². The number of oxazole rings is 1. The van der Waals surface area contributed by atoms with Crippen LogP contribution in [-0.4, -0.2) is 35.5 Å². The number of aromatic nitrogens is 1. The number of hydrogen-bond donors (Lipinski definition) is 2. The molecule has 1 aliphatic rings. The highest BCUT2D eigenvalue weighted by Crippen LogP contribution is 2.28. The van der Waals surface area contributed by atoms with Crippen molar-refractivity contribution in [2.24, 2.45) is 4.99 Å². The van der Waals surface area contributed by atoms with Crippen molar-refractivity contribution in [1.29, 1.82) is 0 Å². The molecular weight excluding hydrogens is 459 g/mol. The minimum atomic E-state index is 0. The Morgan fingerprint density at radius 1 is 1.31 bits per heavy atom. The van der Waals surface area contributed by atoms with Gasteiger partial charge in [-0.3, -0.25) is 4.99 Å². The quantitative estimate of drug-likeness (QED) is 0.377. The second-order valence-electron chi connectivity index (χ2n) is 6.42. The highest BCUT2D eigenvalue weighted by Gasteiger charge is 2.24. The zero-order valence-electron chi connectivity index (χ0n) is 15.5. The summed E-state index contributed by atoms with van der Waals surface area (Å²) in [6, 6.07) is 8.75. The van der Waals surface area contributed by atoms with Crippen molar-refractivity contribution in [3.05, 3.63) is 41.9 Å². The number of rotatable bonds is 5. The Labute approximate surface area is 176 Å². The van der Waals surface area contributed by atoms with Gasteiger partial charge in [0.25, 0.3) is 0 Å². The van der Waals surface area contributed by atoms with Crippen molar-refractivity contribution >= 4 is 41.7 Å². The molecule has 2 N–H and O–H groups in total.